The summed E-state index contributed by atoms with van der Waals surface area (Å²) >= 11 is 0. The number of rotatable bonds is 6. The first-order valence-electron chi connectivity index (χ1n) is 6.69. The highest BCUT2D eigenvalue weighted by molar-refractivity contribution is 5.73. The van der Waals surface area contributed by atoms with Gasteiger partial charge in [0, 0.05) is 20.5 Å². The lowest BCUT2D eigenvalue weighted by Gasteiger charge is -2.48. The van der Waals surface area contributed by atoms with Crippen molar-refractivity contribution in [3.05, 3.63) is 0 Å². The number of hydrogen-bond acceptors (Lipinski definition) is 9. The number of carbonyl (C=O) groups is 1. The van der Waals surface area contributed by atoms with Gasteiger partial charge in [-0.1, -0.05) is 0 Å². The van der Waals surface area contributed by atoms with Gasteiger partial charge in [-0.3, -0.25) is 4.79 Å². The van der Waals surface area contributed by atoms with Crippen molar-refractivity contribution in [2.24, 2.45) is 0 Å². The number of nitrogens with one attached hydrogen (secondary N) is 1. The molecular formula is C12H23NO9. The molecule has 130 valence electrons. The fourth-order valence-corrected chi connectivity index (χ4v) is 2.41. The molecule has 0 saturated carbocycles. The first-order chi connectivity index (χ1) is 10.2. The largest absolute Gasteiger partial charge is 0.394 e. The minimum absolute atomic E-state index is 0.398. The maximum Gasteiger partial charge on any atom is 0.222 e. The molecule has 0 bridgehead atoms. The molecule has 1 fully saturated rings. The highest BCUT2D eigenvalue weighted by Gasteiger charge is 2.54. The third-order valence-corrected chi connectivity index (χ3v) is 3.62. The first kappa shape index (κ1) is 19.2. The zero-order chi connectivity index (χ0) is 17.1. The van der Waals surface area contributed by atoms with Gasteiger partial charge >= 0.3 is 0 Å². The van der Waals surface area contributed by atoms with Crippen LogP contribution in [0.25, 0.3) is 0 Å². The van der Waals surface area contributed by atoms with Crippen LogP contribution in [0, 0.1) is 0 Å². The molecule has 4 unspecified atom stereocenters. The quantitative estimate of drug-likeness (QED) is 0.241. The summed E-state index contributed by atoms with van der Waals surface area (Å²) in [5, 5.41) is 59.9. The van der Waals surface area contributed by atoms with Crippen LogP contribution < -0.4 is 5.32 Å². The van der Waals surface area contributed by atoms with Gasteiger partial charge in [0.05, 0.1) is 18.8 Å². The molecule has 7 N–H and O–H groups in total. The second-order valence-corrected chi connectivity index (χ2v) is 5.21. The number of amides is 1. The van der Waals surface area contributed by atoms with Crippen LogP contribution in [0.3, 0.4) is 0 Å². The molecule has 0 radical (unpaired) electrons. The Hall–Kier alpha value is -0.850. The number of ether oxygens (including phenoxy) is 2. The molecule has 0 spiro atoms. The standard InChI is InChI=1S/C12H23NO9/c1-5(15)13-8-6(16)3-12(21-2,11(19)20)22-10(8)9(18)7(17)4-14/h6-11,14,16-20H,3-4H2,1-2H3,(H,13,15)/t6?,7-,8?,9-,10?,12?/m1/s1. The molecule has 1 saturated heterocycles. The zero-order valence-electron chi connectivity index (χ0n) is 12.3. The van der Waals surface area contributed by atoms with Crippen LogP contribution in [0.1, 0.15) is 13.3 Å². The van der Waals surface area contributed by atoms with E-state index in [2.05, 4.69) is 5.32 Å². The summed E-state index contributed by atoms with van der Waals surface area (Å²) in [7, 11) is 1.11. The van der Waals surface area contributed by atoms with Gasteiger partial charge < -0.3 is 45.4 Å². The summed E-state index contributed by atoms with van der Waals surface area (Å²) in [4.78, 5) is 11.2. The summed E-state index contributed by atoms with van der Waals surface area (Å²) in [6.07, 6.45) is -8.69. The normalized spacial score (nSPS) is 35.2. The summed E-state index contributed by atoms with van der Waals surface area (Å²) in [5.74, 6) is -2.58. The smallest absolute Gasteiger partial charge is 0.222 e. The molecule has 0 aromatic carbocycles. The predicted octanol–water partition coefficient (Wildman–Crippen LogP) is -3.99. The Labute approximate surface area is 126 Å². The third kappa shape index (κ3) is 3.91. The number of aliphatic hydroxyl groups is 6. The monoisotopic (exact) mass is 325 g/mol. The number of carbonyl (C=O) groups excluding carboxylic acids is 1. The van der Waals surface area contributed by atoms with Gasteiger partial charge in [-0.15, -0.1) is 0 Å². The van der Waals surface area contributed by atoms with Crippen molar-refractivity contribution in [3.8, 4) is 0 Å². The maximum absolute atomic E-state index is 11.2. The van der Waals surface area contributed by atoms with Crippen molar-refractivity contribution < 1.29 is 44.9 Å². The Morgan fingerprint density at radius 1 is 1.41 bits per heavy atom. The topological polar surface area (TPSA) is 169 Å². The van der Waals surface area contributed by atoms with Crippen molar-refractivity contribution in [3.63, 3.8) is 0 Å². The van der Waals surface area contributed by atoms with Crippen molar-refractivity contribution >= 4 is 5.91 Å². The Balaban J connectivity index is 3.12. The summed E-state index contributed by atoms with van der Waals surface area (Å²) < 4.78 is 10.2. The van der Waals surface area contributed by atoms with Crippen LogP contribution in [0.2, 0.25) is 0 Å². The average molecular weight is 325 g/mol. The number of hydrogen-bond donors (Lipinski definition) is 7. The van der Waals surface area contributed by atoms with Crippen LogP contribution in [0.5, 0.6) is 0 Å². The molecule has 10 nitrogen and oxygen atoms in total. The Morgan fingerprint density at radius 3 is 2.41 bits per heavy atom. The van der Waals surface area contributed by atoms with Crippen molar-refractivity contribution in [2.45, 2.75) is 55.9 Å². The highest BCUT2D eigenvalue weighted by atomic mass is 16.7. The first-order valence-corrected chi connectivity index (χ1v) is 6.69. The Kier molecular flexibility index (Phi) is 6.65. The van der Waals surface area contributed by atoms with E-state index < -0.39 is 61.5 Å². The van der Waals surface area contributed by atoms with E-state index in [0.717, 1.165) is 7.11 Å². The van der Waals surface area contributed by atoms with E-state index in [0.29, 0.717) is 0 Å². The van der Waals surface area contributed by atoms with Gasteiger partial charge in [0.1, 0.15) is 18.3 Å². The highest BCUT2D eigenvalue weighted by Crippen LogP contribution is 2.34. The van der Waals surface area contributed by atoms with E-state index in [4.69, 9.17) is 14.6 Å². The van der Waals surface area contributed by atoms with Crippen LogP contribution in [-0.2, 0) is 14.3 Å². The lowest BCUT2D eigenvalue weighted by molar-refractivity contribution is -0.375. The van der Waals surface area contributed by atoms with Crippen molar-refractivity contribution in [1.29, 1.82) is 0 Å². The second-order valence-electron chi connectivity index (χ2n) is 5.21. The Bertz CT molecular complexity index is 380. The van der Waals surface area contributed by atoms with Gasteiger partial charge in [-0.2, -0.15) is 0 Å². The van der Waals surface area contributed by atoms with Gasteiger partial charge in [0.15, 0.2) is 0 Å². The zero-order valence-corrected chi connectivity index (χ0v) is 12.3. The number of methoxy groups -OCH3 is 1. The fourth-order valence-electron chi connectivity index (χ4n) is 2.41. The molecule has 0 aromatic heterocycles. The summed E-state index contributed by atoms with van der Waals surface area (Å²) in [5.41, 5.74) is 0. The van der Waals surface area contributed by atoms with E-state index in [1.54, 1.807) is 0 Å². The molecule has 0 aromatic rings. The van der Waals surface area contributed by atoms with Crippen LogP contribution in [0.4, 0.5) is 0 Å². The lowest BCUT2D eigenvalue weighted by Crippen LogP contribution is -2.68. The van der Waals surface area contributed by atoms with E-state index in [1.807, 2.05) is 0 Å². The molecule has 0 aliphatic carbocycles. The molecule has 22 heavy (non-hydrogen) atoms. The van der Waals surface area contributed by atoms with E-state index >= 15 is 0 Å². The van der Waals surface area contributed by atoms with Crippen LogP contribution in [0.15, 0.2) is 0 Å². The maximum atomic E-state index is 11.2. The minimum Gasteiger partial charge on any atom is -0.394 e. The second kappa shape index (κ2) is 7.62. The molecule has 10 heteroatoms. The molecule has 1 heterocycles. The SMILES string of the molecule is COC1(C(O)O)CC(O)C(NC(C)=O)C([C@H](O)[C@H](O)CO)O1. The molecule has 6 atom stereocenters. The fraction of sp³-hybridized carbons (Fsp3) is 0.917. The minimum atomic E-state index is -2.15. The van der Waals surface area contributed by atoms with Crippen LogP contribution in [-0.4, -0.2) is 92.8 Å². The average Bonchev–Trinajstić information content (AvgIpc) is 2.46. The predicted molar refractivity (Wildman–Crippen MR) is 70.2 cm³/mol. The van der Waals surface area contributed by atoms with E-state index in [9.17, 15) is 30.3 Å². The molecule has 1 rings (SSSR count). The van der Waals surface area contributed by atoms with E-state index in [-0.39, 0.29) is 0 Å². The van der Waals surface area contributed by atoms with E-state index in [1.165, 1.54) is 6.92 Å². The van der Waals surface area contributed by atoms with Gasteiger partial charge in [-0.05, 0) is 0 Å². The molecule has 1 aliphatic rings. The summed E-state index contributed by atoms with van der Waals surface area (Å²) in [6.45, 7) is 0.378. The van der Waals surface area contributed by atoms with Gasteiger partial charge in [0.25, 0.3) is 0 Å². The van der Waals surface area contributed by atoms with Crippen molar-refractivity contribution in [2.75, 3.05) is 13.7 Å². The van der Waals surface area contributed by atoms with Gasteiger partial charge in [0.2, 0.25) is 18.0 Å². The molecular weight excluding hydrogens is 302 g/mol. The van der Waals surface area contributed by atoms with Crippen molar-refractivity contribution in [1.82, 2.24) is 5.32 Å². The van der Waals surface area contributed by atoms with Crippen LogP contribution >= 0.6 is 0 Å². The lowest BCUT2D eigenvalue weighted by atomic mass is 9.88. The Morgan fingerprint density at radius 2 is 2.00 bits per heavy atom. The molecule has 1 amide bonds. The van der Waals surface area contributed by atoms with Gasteiger partial charge in [-0.25, -0.2) is 0 Å². The summed E-state index contributed by atoms with van der Waals surface area (Å²) in [6, 6.07) is -1.14. The number of aliphatic hydroxyl groups excluding tert-OH is 5. The third-order valence-electron chi connectivity index (χ3n) is 3.62. The molecule has 1 aliphatic heterocycles.